The Morgan fingerprint density at radius 3 is 2.54 bits per heavy atom. The van der Waals surface area contributed by atoms with Gasteiger partial charge in [0.15, 0.2) is 0 Å². The van der Waals surface area contributed by atoms with E-state index in [4.69, 9.17) is 0 Å². The zero-order chi connectivity index (χ0) is 17.8. The lowest BCUT2D eigenvalue weighted by molar-refractivity contribution is 0.205. The summed E-state index contributed by atoms with van der Waals surface area (Å²) in [6.45, 7) is 4.65. The first-order valence-electron chi connectivity index (χ1n) is 9.74. The molecule has 2 heterocycles. The summed E-state index contributed by atoms with van der Waals surface area (Å²) in [5, 5.41) is 3.87. The molecule has 1 aromatic heterocycles. The molecular weight excluding hydrogens is 336 g/mol. The Morgan fingerprint density at radius 2 is 1.73 bits per heavy atom. The lowest BCUT2D eigenvalue weighted by atomic mass is 10.0. The quantitative estimate of drug-likeness (QED) is 0.541. The van der Waals surface area contributed by atoms with Crippen molar-refractivity contribution in [1.29, 1.82) is 0 Å². The SMILES string of the molecule is CN(CCC(c1csc2ccccc12)N1CCCC1)Cc1ccccc1. The summed E-state index contributed by atoms with van der Waals surface area (Å²) < 4.78 is 1.42. The van der Waals surface area contributed by atoms with E-state index in [0.29, 0.717) is 6.04 Å². The van der Waals surface area contributed by atoms with Crippen LogP contribution in [0.3, 0.4) is 0 Å². The van der Waals surface area contributed by atoms with E-state index in [9.17, 15) is 0 Å². The second-order valence-electron chi connectivity index (χ2n) is 7.46. The fraction of sp³-hybridized carbons (Fsp3) is 0.391. The van der Waals surface area contributed by atoms with Crippen LogP contribution in [0.1, 0.15) is 36.4 Å². The first-order valence-corrected chi connectivity index (χ1v) is 10.6. The molecule has 136 valence electrons. The summed E-state index contributed by atoms with van der Waals surface area (Å²) in [4.78, 5) is 5.18. The molecule has 0 bridgehead atoms. The Labute approximate surface area is 161 Å². The highest BCUT2D eigenvalue weighted by atomic mass is 32.1. The van der Waals surface area contributed by atoms with E-state index in [-0.39, 0.29) is 0 Å². The maximum absolute atomic E-state index is 2.71. The predicted molar refractivity (Wildman–Crippen MR) is 113 cm³/mol. The van der Waals surface area contributed by atoms with Gasteiger partial charge in [-0.1, -0.05) is 48.5 Å². The summed E-state index contributed by atoms with van der Waals surface area (Å²) in [7, 11) is 2.25. The van der Waals surface area contributed by atoms with Crippen molar-refractivity contribution in [1.82, 2.24) is 9.80 Å². The van der Waals surface area contributed by atoms with Gasteiger partial charge in [-0.15, -0.1) is 11.3 Å². The highest BCUT2D eigenvalue weighted by Crippen LogP contribution is 2.36. The number of fused-ring (bicyclic) bond motifs is 1. The second kappa shape index (κ2) is 8.34. The Bertz CT molecular complexity index is 820. The van der Waals surface area contributed by atoms with E-state index in [0.717, 1.165) is 13.1 Å². The van der Waals surface area contributed by atoms with Crippen molar-refractivity contribution >= 4 is 21.4 Å². The molecule has 2 nitrogen and oxygen atoms in total. The van der Waals surface area contributed by atoms with Crippen LogP contribution >= 0.6 is 11.3 Å². The monoisotopic (exact) mass is 364 g/mol. The van der Waals surface area contributed by atoms with Crippen LogP contribution in [0.4, 0.5) is 0 Å². The first kappa shape index (κ1) is 17.7. The first-order chi connectivity index (χ1) is 12.8. The molecule has 3 heteroatoms. The molecule has 0 saturated carbocycles. The molecule has 26 heavy (non-hydrogen) atoms. The van der Waals surface area contributed by atoms with Gasteiger partial charge in [0.05, 0.1) is 0 Å². The van der Waals surface area contributed by atoms with Crippen LogP contribution in [0, 0.1) is 0 Å². The fourth-order valence-electron chi connectivity index (χ4n) is 4.16. The van der Waals surface area contributed by atoms with Gasteiger partial charge in [-0.2, -0.15) is 0 Å². The third kappa shape index (κ3) is 4.01. The number of likely N-dealkylation sites (tertiary alicyclic amines) is 1. The smallest absolute Gasteiger partial charge is 0.0374 e. The highest BCUT2D eigenvalue weighted by molar-refractivity contribution is 7.17. The molecule has 1 saturated heterocycles. The lowest BCUT2D eigenvalue weighted by Gasteiger charge is -2.29. The van der Waals surface area contributed by atoms with E-state index in [1.54, 1.807) is 5.56 Å². The Morgan fingerprint density at radius 1 is 1.00 bits per heavy atom. The molecule has 1 unspecified atom stereocenters. The molecule has 3 aromatic rings. The van der Waals surface area contributed by atoms with E-state index in [1.807, 2.05) is 11.3 Å². The van der Waals surface area contributed by atoms with E-state index >= 15 is 0 Å². The van der Waals surface area contributed by atoms with Gasteiger partial charge in [-0.05, 0) is 73.9 Å². The Hall–Kier alpha value is -1.68. The minimum Gasteiger partial charge on any atom is -0.302 e. The van der Waals surface area contributed by atoms with Crippen molar-refractivity contribution in [2.45, 2.75) is 31.8 Å². The third-order valence-electron chi connectivity index (χ3n) is 5.53. The van der Waals surface area contributed by atoms with Crippen molar-refractivity contribution in [3.8, 4) is 0 Å². The van der Waals surface area contributed by atoms with Crippen LogP contribution in [0.15, 0.2) is 60.0 Å². The zero-order valence-electron chi connectivity index (χ0n) is 15.6. The highest BCUT2D eigenvalue weighted by Gasteiger charge is 2.25. The minimum atomic E-state index is 0.548. The molecule has 1 atom stereocenters. The normalized spacial score (nSPS) is 16.5. The molecule has 0 aliphatic carbocycles. The second-order valence-corrected chi connectivity index (χ2v) is 8.37. The van der Waals surface area contributed by atoms with Crippen molar-refractivity contribution in [2.75, 3.05) is 26.7 Å². The van der Waals surface area contributed by atoms with E-state index in [2.05, 4.69) is 76.8 Å². The molecule has 1 aliphatic rings. The Balaban J connectivity index is 1.49. The number of nitrogens with zero attached hydrogens (tertiary/aromatic N) is 2. The van der Waals surface area contributed by atoms with Crippen molar-refractivity contribution in [2.24, 2.45) is 0 Å². The van der Waals surface area contributed by atoms with Crippen LogP contribution < -0.4 is 0 Å². The van der Waals surface area contributed by atoms with Crippen LogP contribution in [0.2, 0.25) is 0 Å². The molecule has 0 radical (unpaired) electrons. The topological polar surface area (TPSA) is 6.48 Å². The maximum atomic E-state index is 2.71. The van der Waals surface area contributed by atoms with Gasteiger partial charge in [-0.25, -0.2) is 0 Å². The number of benzene rings is 2. The van der Waals surface area contributed by atoms with Crippen LogP contribution in [0.25, 0.3) is 10.1 Å². The molecule has 0 spiro atoms. The largest absolute Gasteiger partial charge is 0.302 e. The summed E-state index contributed by atoms with van der Waals surface area (Å²) in [5.74, 6) is 0. The number of hydrogen-bond acceptors (Lipinski definition) is 3. The number of thiophene rings is 1. The summed E-state index contributed by atoms with van der Waals surface area (Å²) in [6, 6.07) is 20.2. The van der Waals surface area contributed by atoms with Crippen LogP contribution in [-0.4, -0.2) is 36.5 Å². The van der Waals surface area contributed by atoms with Gasteiger partial charge in [0.1, 0.15) is 0 Å². The van der Waals surface area contributed by atoms with Crippen molar-refractivity contribution in [3.63, 3.8) is 0 Å². The maximum Gasteiger partial charge on any atom is 0.0374 e. The molecular formula is C23H28N2S. The number of hydrogen-bond donors (Lipinski definition) is 0. The average molecular weight is 365 g/mol. The van der Waals surface area contributed by atoms with E-state index < -0.39 is 0 Å². The van der Waals surface area contributed by atoms with Gasteiger partial charge in [0, 0.05) is 17.3 Å². The van der Waals surface area contributed by atoms with Crippen LogP contribution in [0.5, 0.6) is 0 Å². The third-order valence-corrected chi connectivity index (χ3v) is 6.51. The zero-order valence-corrected chi connectivity index (χ0v) is 16.4. The Kier molecular flexibility index (Phi) is 5.68. The molecule has 1 fully saturated rings. The standard InChI is InChI=1S/C23H28N2S/c1-24(17-19-9-3-2-4-10-19)16-13-22(25-14-7-8-15-25)21-18-26-23-12-6-5-11-20(21)23/h2-6,9-12,18,22H,7-8,13-17H2,1H3. The predicted octanol–water partition coefficient (Wildman–Crippen LogP) is 5.56. The lowest BCUT2D eigenvalue weighted by Crippen LogP contribution is -2.29. The van der Waals surface area contributed by atoms with Crippen LogP contribution in [-0.2, 0) is 6.54 Å². The average Bonchev–Trinajstić information content (AvgIpc) is 3.34. The van der Waals surface area contributed by atoms with Gasteiger partial charge in [0.2, 0.25) is 0 Å². The van der Waals surface area contributed by atoms with Gasteiger partial charge >= 0.3 is 0 Å². The molecule has 0 N–H and O–H groups in total. The molecule has 1 aliphatic heterocycles. The summed E-state index contributed by atoms with van der Waals surface area (Å²) in [6.07, 6.45) is 3.89. The van der Waals surface area contributed by atoms with Gasteiger partial charge in [0.25, 0.3) is 0 Å². The molecule has 4 rings (SSSR count). The van der Waals surface area contributed by atoms with Crippen molar-refractivity contribution in [3.05, 3.63) is 71.1 Å². The molecule has 2 aromatic carbocycles. The van der Waals surface area contributed by atoms with E-state index in [1.165, 1.54) is 48.0 Å². The fourth-order valence-corrected chi connectivity index (χ4v) is 5.17. The summed E-state index contributed by atoms with van der Waals surface area (Å²) in [5.41, 5.74) is 2.94. The van der Waals surface area contributed by atoms with Gasteiger partial charge < -0.3 is 4.90 Å². The van der Waals surface area contributed by atoms with Gasteiger partial charge in [-0.3, -0.25) is 4.90 Å². The molecule has 0 amide bonds. The van der Waals surface area contributed by atoms with Crippen molar-refractivity contribution < 1.29 is 0 Å². The summed E-state index contributed by atoms with van der Waals surface area (Å²) >= 11 is 1.90. The number of rotatable bonds is 7. The minimum absolute atomic E-state index is 0.548.